The number of nitro benzene ring substituents is 1. The third kappa shape index (κ3) is 6.54. The number of amides is 1. The van der Waals surface area contributed by atoms with Gasteiger partial charge in [-0.3, -0.25) is 19.2 Å². The number of benzene rings is 3. The molecule has 39 heavy (non-hydrogen) atoms. The van der Waals surface area contributed by atoms with Crippen molar-refractivity contribution in [1.82, 2.24) is 5.43 Å². The second kappa shape index (κ2) is 12.6. The minimum absolute atomic E-state index is 0.0499. The van der Waals surface area contributed by atoms with Crippen molar-refractivity contribution >= 4 is 33.5 Å². The standard InChI is InChI=1S/C25H26N4O9S/c1-35-18-10-12-22(37-3)17(13-18)15-26-27-25(30)16-28(20-11-9-19(36-2)14-23(20)38-4)39(33,34)24-8-6-5-7-21(24)29(31)32/h5-15H,16H2,1-4H3,(H,27,30)/b26-15-. The zero-order valence-electron chi connectivity index (χ0n) is 21.5. The third-order valence-electron chi connectivity index (χ3n) is 5.40. The molecule has 0 bridgehead atoms. The van der Waals surface area contributed by atoms with Gasteiger partial charge in [0.15, 0.2) is 4.90 Å². The normalized spacial score (nSPS) is 11.1. The molecule has 3 aromatic rings. The van der Waals surface area contributed by atoms with Crippen LogP contribution >= 0.6 is 0 Å². The highest BCUT2D eigenvalue weighted by atomic mass is 32.2. The number of carbonyl (C=O) groups excluding carboxylic acids is 1. The van der Waals surface area contributed by atoms with Gasteiger partial charge in [0, 0.05) is 17.7 Å². The van der Waals surface area contributed by atoms with Crippen molar-refractivity contribution in [2.75, 3.05) is 39.3 Å². The van der Waals surface area contributed by atoms with E-state index < -0.39 is 38.0 Å². The van der Waals surface area contributed by atoms with Gasteiger partial charge >= 0.3 is 0 Å². The van der Waals surface area contributed by atoms with Crippen molar-refractivity contribution in [2.24, 2.45) is 5.10 Å². The summed E-state index contributed by atoms with van der Waals surface area (Å²) >= 11 is 0. The summed E-state index contributed by atoms with van der Waals surface area (Å²) < 4.78 is 49.2. The summed E-state index contributed by atoms with van der Waals surface area (Å²) in [5, 5.41) is 15.5. The van der Waals surface area contributed by atoms with Crippen LogP contribution in [0.3, 0.4) is 0 Å². The van der Waals surface area contributed by atoms with Gasteiger partial charge in [0.2, 0.25) is 0 Å². The Kier molecular flexibility index (Phi) is 9.28. The SMILES string of the molecule is COc1ccc(OC)c(/C=N\NC(=O)CN(c2ccc(OC)cc2OC)S(=O)(=O)c2ccccc2[N+](=O)[O-])c1. The zero-order chi connectivity index (χ0) is 28.6. The molecule has 0 saturated carbocycles. The number of methoxy groups -OCH3 is 4. The molecule has 14 heteroatoms. The molecule has 0 aliphatic rings. The minimum atomic E-state index is -4.65. The number of hydrogen-bond donors (Lipinski definition) is 1. The monoisotopic (exact) mass is 558 g/mol. The van der Waals surface area contributed by atoms with E-state index in [1.165, 1.54) is 65.0 Å². The van der Waals surface area contributed by atoms with Gasteiger partial charge in [0.05, 0.1) is 45.3 Å². The minimum Gasteiger partial charge on any atom is -0.497 e. The van der Waals surface area contributed by atoms with Crippen LogP contribution < -0.4 is 28.7 Å². The molecule has 0 unspecified atom stereocenters. The molecular formula is C25H26N4O9S. The lowest BCUT2D eigenvalue weighted by molar-refractivity contribution is -0.387. The van der Waals surface area contributed by atoms with Crippen LogP contribution in [0.2, 0.25) is 0 Å². The lowest BCUT2D eigenvalue weighted by atomic mass is 10.2. The van der Waals surface area contributed by atoms with Crippen molar-refractivity contribution in [2.45, 2.75) is 4.90 Å². The van der Waals surface area contributed by atoms with Crippen molar-refractivity contribution < 1.29 is 37.1 Å². The van der Waals surface area contributed by atoms with E-state index in [4.69, 9.17) is 18.9 Å². The van der Waals surface area contributed by atoms with Crippen LogP contribution in [0.4, 0.5) is 11.4 Å². The Morgan fingerprint density at radius 3 is 2.23 bits per heavy atom. The largest absolute Gasteiger partial charge is 0.497 e. The van der Waals surface area contributed by atoms with Crippen molar-refractivity contribution in [3.63, 3.8) is 0 Å². The number of rotatable bonds is 12. The number of ether oxygens (including phenoxy) is 4. The number of hydrazone groups is 1. The topological polar surface area (TPSA) is 159 Å². The highest BCUT2D eigenvalue weighted by molar-refractivity contribution is 7.93. The van der Waals surface area contributed by atoms with Gasteiger partial charge < -0.3 is 18.9 Å². The molecule has 3 rings (SSSR count). The molecule has 0 aliphatic heterocycles. The number of anilines is 1. The molecule has 0 atom stereocenters. The molecule has 0 aromatic heterocycles. The Labute approximate surface area is 224 Å². The lowest BCUT2D eigenvalue weighted by Gasteiger charge is -2.25. The Bertz CT molecular complexity index is 1490. The first-order chi connectivity index (χ1) is 18.7. The van der Waals surface area contributed by atoms with Crippen molar-refractivity contribution in [3.8, 4) is 23.0 Å². The average Bonchev–Trinajstić information content (AvgIpc) is 2.95. The molecule has 1 N–H and O–H groups in total. The van der Waals surface area contributed by atoms with Gasteiger partial charge in [-0.15, -0.1) is 0 Å². The predicted molar refractivity (Wildman–Crippen MR) is 142 cm³/mol. The molecule has 0 heterocycles. The molecule has 206 valence electrons. The number of para-hydroxylation sites is 1. The second-order valence-electron chi connectivity index (χ2n) is 7.68. The first-order valence-electron chi connectivity index (χ1n) is 11.2. The number of nitrogens with one attached hydrogen (secondary N) is 1. The van der Waals surface area contributed by atoms with Gasteiger partial charge in [-0.2, -0.15) is 5.10 Å². The van der Waals surface area contributed by atoms with Gasteiger partial charge in [-0.1, -0.05) is 12.1 Å². The van der Waals surface area contributed by atoms with Crippen LogP contribution in [-0.2, 0) is 14.8 Å². The van der Waals surface area contributed by atoms with Crippen molar-refractivity contribution in [3.05, 3.63) is 76.3 Å². The van der Waals surface area contributed by atoms with E-state index in [0.717, 1.165) is 12.1 Å². The summed E-state index contributed by atoms with van der Waals surface area (Å²) in [4.78, 5) is 23.1. The summed E-state index contributed by atoms with van der Waals surface area (Å²) in [5.74, 6) is 0.552. The summed E-state index contributed by atoms with van der Waals surface area (Å²) in [6, 6.07) is 14.0. The number of carbonyl (C=O) groups is 1. The number of hydrogen-bond acceptors (Lipinski definition) is 10. The maximum Gasteiger partial charge on any atom is 0.289 e. The summed E-state index contributed by atoms with van der Waals surface area (Å²) in [5.41, 5.74) is 2.05. The maximum absolute atomic E-state index is 13.8. The van der Waals surface area contributed by atoms with Gasteiger partial charge in [0.1, 0.15) is 29.5 Å². The second-order valence-corrected chi connectivity index (χ2v) is 9.51. The molecular weight excluding hydrogens is 532 g/mol. The molecule has 0 fully saturated rings. The first-order valence-corrected chi connectivity index (χ1v) is 12.6. The smallest absolute Gasteiger partial charge is 0.289 e. The van der Waals surface area contributed by atoms with E-state index in [-0.39, 0.29) is 11.4 Å². The van der Waals surface area contributed by atoms with Crippen LogP contribution in [0.1, 0.15) is 5.56 Å². The molecule has 0 saturated heterocycles. The average molecular weight is 559 g/mol. The molecule has 0 spiro atoms. The van der Waals surface area contributed by atoms with E-state index in [1.807, 2.05) is 0 Å². The fraction of sp³-hybridized carbons (Fsp3) is 0.200. The van der Waals surface area contributed by atoms with Crippen LogP contribution in [0.25, 0.3) is 0 Å². The highest BCUT2D eigenvalue weighted by Crippen LogP contribution is 2.37. The van der Waals surface area contributed by atoms with Crippen LogP contribution in [0, 0.1) is 10.1 Å². The lowest BCUT2D eigenvalue weighted by Crippen LogP contribution is -2.40. The summed E-state index contributed by atoms with van der Waals surface area (Å²) in [7, 11) is 1.02. The molecule has 0 aliphatic carbocycles. The molecule has 0 radical (unpaired) electrons. The Balaban J connectivity index is 2.00. The van der Waals surface area contributed by atoms with E-state index >= 15 is 0 Å². The maximum atomic E-state index is 13.8. The molecule has 3 aromatic carbocycles. The Hall–Kier alpha value is -4.85. The number of nitro groups is 1. The summed E-state index contributed by atoms with van der Waals surface area (Å²) in [6.07, 6.45) is 1.30. The number of nitrogens with zero attached hydrogens (tertiary/aromatic N) is 3. The summed E-state index contributed by atoms with van der Waals surface area (Å²) in [6.45, 7) is -0.788. The molecule has 13 nitrogen and oxygen atoms in total. The van der Waals surface area contributed by atoms with Gasteiger partial charge in [0.25, 0.3) is 21.6 Å². The van der Waals surface area contributed by atoms with E-state index in [2.05, 4.69) is 10.5 Å². The van der Waals surface area contributed by atoms with E-state index in [1.54, 1.807) is 18.2 Å². The van der Waals surface area contributed by atoms with E-state index in [0.29, 0.717) is 27.1 Å². The fourth-order valence-electron chi connectivity index (χ4n) is 3.52. The van der Waals surface area contributed by atoms with Crippen LogP contribution in [0.15, 0.2) is 70.7 Å². The van der Waals surface area contributed by atoms with Crippen molar-refractivity contribution in [1.29, 1.82) is 0 Å². The van der Waals surface area contributed by atoms with Gasteiger partial charge in [-0.05, 0) is 36.4 Å². The quantitative estimate of drug-likeness (QED) is 0.200. The number of sulfonamides is 1. The van der Waals surface area contributed by atoms with Gasteiger partial charge in [-0.25, -0.2) is 13.8 Å². The highest BCUT2D eigenvalue weighted by Gasteiger charge is 2.34. The van der Waals surface area contributed by atoms with Crippen LogP contribution in [0.5, 0.6) is 23.0 Å². The van der Waals surface area contributed by atoms with Crippen LogP contribution in [-0.4, -0.2) is 60.4 Å². The van der Waals surface area contributed by atoms with E-state index in [9.17, 15) is 23.3 Å². The molecule has 1 amide bonds. The fourth-order valence-corrected chi connectivity index (χ4v) is 5.11. The predicted octanol–water partition coefficient (Wildman–Crippen LogP) is 2.97. The third-order valence-corrected chi connectivity index (χ3v) is 7.21. The Morgan fingerprint density at radius 1 is 0.949 bits per heavy atom. The Morgan fingerprint density at radius 2 is 1.59 bits per heavy atom. The zero-order valence-corrected chi connectivity index (χ0v) is 22.3. The first kappa shape index (κ1) is 28.7.